The van der Waals surface area contributed by atoms with E-state index in [2.05, 4.69) is 66.3 Å². The summed E-state index contributed by atoms with van der Waals surface area (Å²) in [5.41, 5.74) is 1.69. The molecular formula is C23H32N3OS+. The van der Waals surface area contributed by atoms with E-state index in [0.29, 0.717) is 5.92 Å². The third-order valence-electron chi connectivity index (χ3n) is 5.65. The Morgan fingerprint density at radius 1 is 1.21 bits per heavy atom. The highest BCUT2D eigenvalue weighted by molar-refractivity contribution is 7.10. The highest BCUT2D eigenvalue weighted by atomic mass is 32.1. The largest absolute Gasteiger partial charge is 0.333 e. The second-order valence-corrected chi connectivity index (χ2v) is 8.91. The van der Waals surface area contributed by atoms with Crippen molar-refractivity contribution in [2.24, 2.45) is 5.92 Å². The van der Waals surface area contributed by atoms with Gasteiger partial charge in [0, 0.05) is 5.56 Å². The fourth-order valence-electron chi connectivity index (χ4n) is 3.02. The summed E-state index contributed by atoms with van der Waals surface area (Å²) < 4.78 is 0. The van der Waals surface area contributed by atoms with Crippen LogP contribution in [0, 0.1) is 17.2 Å². The van der Waals surface area contributed by atoms with Crippen molar-refractivity contribution in [3.05, 3.63) is 57.8 Å². The van der Waals surface area contributed by atoms with Crippen molar-refractivity contribution < 1.29 is 10.1 Å². The Kier molecular flexibility index (Phi) is 7.79. The van der Waals surface area contributed by atoms with Crippen LogP contribution in [0.15, 0.2) is 41.8 Å². The monoisotopic (exact) mass is 398 g/mol. The zero-order valence-corrected chi connectivity index (χ0v) is 18.3. The van der Waals surface area contributed by atoms with Crippen LogP contribution in [0.2, 0.25) is 0 Å². The van der Waals surface area contributed by atoms with Gasteiger partial charge in [0.05, 0.1) is 10.9 Å². The van der Waals surface area contributed by atoms with E-state index in [1.165, 1.54) is 16.0 Å². The van der Waals surface area contributed by atoms with Gasteiger partial charge in [0.2, 0.25) is 0 Å². The molecule has 150 valence electrons. The first-order valence-electron chi connectivity index (χ1n) is 9.99. The predicted molar refractivity (Wildman–Crippen MR) is 115 cm³/mol. The van der Waals surface area contributed by atoms with E-state index in [9.17, 15) is 10.1 Å². The Morgan fingerprint density at radius 2 is 1.86 bits per heavy atom. The number of nitrogens with one attached hydrogen (secondary N) is 1. The summed E-state index contributed by atoms with van der Waals surface area (Å²) in [5, 5.41) is 16.4. The molecule has 0 fully saturated rings. The van der Waals surface area contributed by atoms with E-state index >= 15 is 0 Å². The first-order valence-corrected chi connectivity index (χ1v) is 10.9. The lowest BCUT2D eigenvalue weighted by Crippen LogP contribution is -2.88. The Labute approximate surface area is 173 Å². The van der Waals surface area contributed by atoms with Crippen LogP contribution in [0.25, 0.3) is 0 Å². The quantitative estimate of drug-likeness (QED) is 0.671. The smallest absolute Gasteiger partial charge is 0.276 e. The molecule has 0 radical (unpaired) electrons. The van der Waals surface area contributed by atoms with Crippen molar-refractivity contribution in [1.29, 1.82) is 5.26 Å². The molecule has 1 aromatic heterocycles. The summed E-state index contributed by atoms with van der Waals surface area (Å²) in [4.78, 5) is 13.7. The zero-order valence-electron chi connectivity index (χ0n) is 17.5. The summed E-state index contributed by atoms with van der Waals surface area (Å²) in [6.45, 7) is 10.4. The number of hydrogen-bond acceptors (Lipinski definition) is 3. The summed E-state index contributed by atoms with van der Waals surface area (Å²) in [6.07, 6.45) is 1.12. The summed E-state index contributed by atoms with van der Waals surface area (Å²) in [5.74, 6) is 0.474. The van der Waals surface area contributed by atoms with E-state index in [1.807, 2.05) is 19.9 Å². The lowest BCUT2D eigenvalue weighted by molar-refractivity contribution is -0.676. The van der Waals surface area contributed by atoms with E-state index < -0.39 is 5.54 Å². The number of thiophene rings is 1. The van der Waals surface area contributed by atoms with Crippen molar-refractivity contribution in [2.75, 3.05) is 6.54 Å². The molecule has 4 nitrogen and oxygen atoms in total. The topological polar surface area (TPSA) is 69.5 Å². The molecule has 0 spiro atoms. The molecule has 0 aliphatic heterocycles. The number of nitriles is 1. The molecule has 5 heteroatoms. The van der Waals surface area contributed by atoms with E-state index in [1.54, 1.807) is 18.3 Å². The number of quaternary nitrogens is 1. The molecule has 28 heavy (non-hydrogen) atoms. The molecule has 0 aliphatic rings. The van der Waals surface area contributed by atoms with Crippen LogP contribution in [0.1, 0.15) is 69.0 Å². The molecule has 2 aromatic rings. The SMILES string of the molecule is CC[C@@H](C)c1ccc([C@H]([NH2+]CC(=O)N[C@@](C)(C#N)C(C)C)c2cccs2)cc1. The molecule has 3 N–H and O–H groups in total. The van der Waals surface area contributed by atoms with Crippen LogP contribution in [-0.4, -0.2) is 18.0 Å². The van der Waals surface area contributed by atoms with Gasteiger partial charge in [0.1, 0.15) is 11.6 Å². The summed E-state index contributed by atoms with van der Waals surface area (Å²) in [6, 6.07) is 15.2. The fraction of sp³-hybridized carbons (Fsp3) is 0.478. The molecule has 1 aromatic carbocycles. The van der Waals surface area contributed by atoms with Gasteiger partial charge in [-0.3, -0.25) is 4.79 Å². The Morgan fingerprint density at radius 3 is 2.36 bits per heavy atom. The highest BCUT2D eigenvalue weighted by Gasteiger charge is 2.31. The van der Waals surface area contributed by atoms with Gasteiger partial charge < -0.3 is 10.6 Å². The predicted octanol–water partition coefficient (Wildman–Crippen LogP) is 3.97. The second kappa shape index (κ2) is 9.86. The van der Waals surface area contributed by atoms with E-state index in [-0.39, 0.29) is 24.4 Å². The number of benzene rings is 1. The molecule has 0 saturated carbocycles. The van der Waals surface area contributed by atoms with E-state index in [0.717, 1.165) is 6.42 Å². The van der Waals surface area contributed by atoms with Crippen molar-refractivity contribution in [2.45, 2.75) is 58.5 Å². The highest BCUT2D eigenvalue weighted by Crippen LogP contribution is 2.25. The van der Waals surface area contributed by atoms with Gasteiger partial charge in [-0.25, -0.2) is 0 Å². The van der Waals surface area contributed by atoms with Gasteiger partial charge in [-0.05, 0) is 42.2 Å². The minimum atomic E-state index is -0.846. The Hall–Kier alpha value is -2.16. The lowest BCUT2D eigenvalue weighted by Gasteiger charge is -2.27. The van der Waals surface area contributed by atoms with Gasteiger partial charge in [-0.2, -0.15) is 5.26 Å². The molecule has 1 heterocycles. The fourth-order valence-corrected chi connectivity index (χ4v) is 3.87. The molecule has 0 bridgehead atoms. The standard InChI is InChI=1S/C23H31N3OS/c1-6-17(4)18-9-11-19(12-10-18)22(20-8-7-13-28-20)25-14-21(27)26-23(5,15-24)16(2)3/h7-13,16-17,22,25H,6,14H2,1-5H3,(H,26,27)/p+1/t17-,22+,23+/m1/s1. The number of hydrogen-bond donors (Lipinski definition) is 2. The number of nitrogens with two attached hydrogens (primary N) is 1. The van der Waals surface area contributed by atoms with Crippen LogP contribution in [0.4, 0.5) is 0 Å². The van der Waals surface area contributed by atoms with Crippen molar-refractivity contribution >= 4 is 17.2 Å². The summed E-state index contributed by atoms with van der Waals surface area (Å²) >= 11 is 1.70. The normalized spacial score (nSPS) is 15.5. The maximum absolute atomic E-state index is 12.5. The molecule has 1 amide bonds. The number of nitrogens with zero attached hydrogens (tertiary/aromatic N) is 1. The molecule has 0 saturated heterocycles. The van der Waals surface area contributed by atoms with Crippen LogP contribution >= 0.6 is 11.3 Å². The number of rotatable bonds is 9. The average Bonchev–Trinajstić information content (AvgIpc) is 3.22. The average molecular weight is 399 g/mol. The summed E-state index contributed by atoms with van der Waals surface area (Å²) in [7, 11) is 0. The number of carbonyl (C=O) groups is 1. The van der Waals surface area contributed by atoms with Gasteiger partial charge in [0.25, 0.3) is 5.91 Å². The van der Waals surface area contributed by atoms with Crippen molar-refractivity contribution in [3.63, 3.8) is 0 Å². The first kappa shape index (κ1) is 22.1. The number of carbonyl (C=O) groups excluding carboxylic acids is 1. The molecular weight excluding hydrogens is 366 g/mol. The molecule has 0 aliphatic carbocycles. The molecule has 3 atom stereocenters. The van der Waals surface area contributed by atoms with Crippen LogP contribution in [0.5, 0.6) is 0 Å². The maximum Gasteiger partial charge on any atom is 0.276 e. The van der Waals surface area contributed by atoms with E-state index in [4.69, 9.17) is 0 Å². The van der Waals surface area contributed by atoms with Crippen molar-refractivity contribution in [3.8, 4) is 6.07 Å². The lowest BCUT2D eigenvalue weighted by atomic mass is 9.90. The van der Waals surface area contributed by atoms with Crippen LogP contribution in [0.3, 0.4) is 0 Å². The van der Waals surface area contributed by atoms with Crippen molar-refractivity contribution in [1.82, 2.24) is 5.32 Å². The first-order chi connectivity index (χ1) is 13.3. The van der Waals surface area contributed by atoms with Gasteiger partial charge in [0.15, 0.2) is 6.54 Å². The Bertz CT molecular complexity index is 792. The van der Waals surface area contributed by atoms with Crippen LogP contribution in [-0.2, 0) is 4.79 Å². The minimum Gasteiger partial charge on any atom is -0.333 e. The second-order valence-electron chi connectivity index (χ2n) is 7.93. The van der Waals surface area contributed by atoms with Crippen LogP contribution < -0.4 is 10.6 Å². The third-order valence-corrected chi connectivity index (χ3v) is 6.61. The zero-order chi connectivity index (χ0) is 20.7. The molecule has 2 rings (SSSR count). The third kappa shape index (κ3) is 5.43. The maximum atomic E-state index is 12.5. The van der Waals surface area contributed by atoms with Gasteiger partial charge in [-0.15, -0.1) is 11.3 Å². The molecule has 0 unspecified atom stereocenters. The van der Waals surface area contributed by atoms with Gasteiger partial charge >= 0.3 is 0 Å². The minimum absolute atomic E-state index is 0.0441. The van der Waals surface area contributed by atoms with Gasteiger partial charge in [-0.1, -0.05) is 58.0 Å². The number of amides is 1. The Balaban J connectivity index is 2.13.